The third-order valence-corrected chi connectivity index (χ3v) is 5.91. The second-order valence-corrected chi connectivity index (χ2v) is 8.09. The Kier molecular flexibility index (Phi) is 7.35. The Bertz CT molecular complexity index is 1190. The van der Waals surface area contributed by atoms with Gasteiger partial charge in [0.05, 0.1) is 30.1 Å². The molecule has 0 spiro atoms. The lowest BCUT2D eigenvalue weighted by atomic mass is 10.0. The SMILES string of the molecule is COc1cc([N+](=O)[O-])c2nccc3c2c1OCCCCCCC3.c1ccc2ccccc2c1. The number of hydrogen-bond donors (Lipinski definition) is 0. The van der Waals surface area contributed by atoms with Crippen molar-refractivity contribution in [3.63, 3.8) is 0 Å². The molecule has 0 unspecified atom stereocenters. The van der Waals surface area contributed by atoms with Crippen LogP contribution >= 0.6 is 0 Å². The molecule has 1 aromatic heterocycles. The lowest BCUT2D eigenvalue weighted by Crippen LogP contribution is -2.03. The predicted octanol–water partition coefficient (Wildman–Crippen LogP) is 6.88. The number of nitro benzene ring substituents is 1. The van der Waals surface area contributed by atoms with Crippen molar-refractivity contribution in [1.29, 1.82) is 0 Å². The van der Waals surface area contributed by atoms with Gasteiger partial charge in [-0.1, -0.05) is 67.8 Å². The molecule has 1 aliphatic rings. The van der Waals surface area contributed by atoms with E-state index in [9.17, 15) is 10.1 Å². The fraction of sp³-hybridized carbons (Fsp3) is 0.296. The highest BCUT2D eigenvalue weighted by Gasteiger charge is 2.24. The van der Waals surface area contributed by atoms with Gasteiger partial charge in [0.1, 0.15) is 0 Å². The van der Waals surface area contributed by atoms with E-state index in [0.717, 1.165) is 43.1 Å². The van der Waals surface area contributed by atoms with Crippen molar-refractivity contribution >= 4 is 27.4 Å². The molecule has 170 valence electrons. The van der Waals surface area contributed by atoms with Crippen molar-refractivity contribution in [2.24, 2.45) is 0 Å². The van der Waals surface area contributed by atoms with Crippen LogP contribution in [-0.4, -0.2) is 23.6 Å². The van der Waals surface area contributed by atoms with Crippen LogP contribution in [0.4, 0.5) is 5.69 Å². The largest absolute Gasteiger partial charge is 0.493 e. The Balaban J connectivity index is 0.000000214. The second-order valence-electron chi connectivity index (χ2n) is 8.09. The number of aryl methyl sites for hydroxylation is 1. The summed E-state index contributed by atoms with van der Waals surface area (Å²) in [6, 6.07) is 20.1. The molecule has 3 aromatic carbocycles. The van der Waals surface area contributed by atoms with Gasteiger partial charge in [-0.05, 0) is 41.7 Å². The van der Waals surface area contributed by atoms with Gasteiger partial charge in [-0.2, -0.15) is 0 Å². The molecule has 0 fully saturated rings. The summed E-state index contributed by atoms with van der Waals surface area (Å²) in [7, 11) is 1.51. The molecular formula is C27H28N2O4. The van der Waals surface area contributed by atoms with E-state index in [1.807, 2.05) is 6.07 Å². The third kappa shape index (κ3) is 5.22. The van der Waals surface area contributed by atoms with Gasteiger partial charge in [0.15, 0.2) is 17.0 Å². The molecule has 0 bridgehead atoms. The number of non-ortho nitro benzene ring substituents is 1. The molecule has 2 heterocycles. The van der Waals surface area contributed by atoms with Crippen molar-refractivity contribution in [3.8, 4) is 11.5 Å². The van der Waals surface area contributed by atoms with Crippen LogP contribution in [0.3, 0.4) is 0 Å². The van der Waals surface area contributed by atoms with Crippen LogP contribution in [0.5, 0.6) is 11.5 Å². The van der Waals surface area contributed by atoms with E-state index in [0.29, 0.717) is 23.6 Å². The second kappa shape index (κ2) is 10.8. The maximum Gasteiger partial charge on any atom is 0.299 e. The molecule has 33 heavy (non-hydrogen) atoms. The Morgan fingerprint density at radius 2 is 1.58 bits per heavy atom. The summed E-state index contributed by atoms with van der Waals surface area (Å²) >= 11 is 0. The summed E-state index contributed by atoms with van der Waals surface area (Å²) in [6.07, 6.45) is 8.00. The number of ether oxygens (including phenoxy) is 2. The van der Waals surface area contributed by atoms with E-state index in [2.05, 4.69) is 53.5 Å². The molecule has 6 heteroatoms. The van der Waals surface area contributed by atoms with E-state index >= 15 is 0 Å². The summed E-state index contributed by atoms with van der Waals surface area (Å²) in [5, 5.41) is 14.8. The maximum absolute atomic E-state index is 11.4. The first-order valence-electron chi connectivity index (χ1n) is 11.4. The summed E-state index contributed by atoms with van der Waals surface area (Å²) in [6.45, 7) is 0.581. The van der Waals surface area contributed by atoms with Crippen molar-refractivity contribution in [2.45, 2.75) is 38.5 Å². The summed E-state index contributed by atoms with van der Waals surface area (Å²) in [5.74, 6) is 0.982. The molecule has 0 saturated carbocycles. The van der Waals surface area contributed by atoms with Gasteiger partial charge in [0.2, 0.25) is 0 Å². The van der Waals surface area contributed by atoms with Crippen LogP contribution in [0.1, 0.15) is 37.7 Å². The van der Waals surface area contributed by atoms with Crippen molar-refractivity contribution < 1.29 is 14.4 Å². The number of nitrogens with zero attached hydrogens (tertiary/aromatic N) is 2. The van der Waals surface area contributed by atoms with Gasteiger partial charge in [0.25, 0.3) is 5.69 Å². The summed E-state index contributed by atoms with van der Waals surface area (Å²) in [4.78, 5) is 15.3. The Morgan fingerprint density at radius 1 is 0.939 bits per heavy atom. The summed E-state index contributed by atoms with van der Waals surface area (Å²) in [5.41, 5.74) is 1.37. The highest BCUT2D eigenvalue weighted by atomic mass is 16.6. The first-order valence-corrected chi connectivity index (χ1v) is 11.4. The van der Waals surface area contributed by atoms with Crippen molar-refractivity contribution in [2.75, 3.05) is 13.7 Å². The monoisotopic (exact) mass is 444 g/mol. The number of benzene rings is 3. The first-order chi connectivity index (χ1) is 16.2. The van der Waals surface area contributed by atoms with E-state index in [-0.39, 0.29) is 5.69 Å². The third-order valence-electron chi connectivity index (χ3n) is 5.91. The van der Waals surface area contributed by atoms with Crippen LogP contribution in [0.15, 0.2) is 66.9 Å². The Labute approximate surface area is 193 Å². The molecule has 5 rings (SSSR count). The van der Waals surface area contributed by atoms with Crippen molar-refractivity contribution in [3.05, 3.63) is 82.5 Å². The average molecular weight is 445 g/mol. The van der Waals surface area contributed by atoms with Crippen LogP contribution in [0, 0.1) is 10.1 Å². The zero-order chi connectivity index (χ0) is 23.0. The van der Waals surface area contributed by atoms with Crippen molar-refractivity contribution in [1.82, 2.24) is 4.98 Å². The first kappa shape index (κ1) is 22.5. The minimum Gasteiger partial charge on any atom is -0.493 e. The highest BCUT2D eigenvalue weighted by molar-refractivity contribution is 5.97. The molecule has 4 aromatic rings. The molecule has 0 aliphatic carbocycles. The molecule has 0 radical (unpaired) electrons. The lowest BCUT2D eigenvalue weighted by Gasteiger charge is -2.15. The normalized spacial score (nSPS) is 13.8. The van der Waals surface area contributed by atoms with E-state index in [1.165, 1.54) is 30.4 Å². The van der Waals surface area contributed by atoms with Crippen LogP contribution in [-0.2, 0) is 6.42 Å². The van der Waals surface area contributed by atoms with Gasteiger partial charge >= 0.3 is 0 Å². The molecule has 1 aliphatic heterocycles. The van der Waals surface area contributed by atoms with Gasteiger partial charge in [-0.3, -0.25) is 10.1 Å². The zero-order valence-corrected chi connectivity index (χ0v) is 18.8. The van der Waals surface area contributed by atoms with Crippen LogP contribution in [0.2, 0.25) is 0 Å². The lowest BCUT2D eigenvalue weighted by molar-refractivity contribution is -0.383. The number of fused-ring (bicyclic) bond motifs is 1. The maximum atomic E-state index is 11.4. The molecular weight excluding hydrogens is 416 g/mol. The number of methoxy groups -OCH3 is 1. The minimum atomic E-state index is -0.413. The van der Waals surface area contributed by atoms with Gasteiger partial charge < -0.3 is 9.47 Å². The fourth-order valence-corrected chi connectivity index (χ4v) is 4.23. The zero-order valence-electron chi connectivity index (χ0n) is 18.8. The smallest absolute Gasteiger partial charge is 0.299 e. The molecule has 0 atom stereocenters. The average Bonchev–Trinajstić information content (AvgIpc) is 2.90. The number of rotatable bonds is 2. The number of aromatic nitrogens is 1. The Morgan fingerprint density at radius 3 is 2.21 bits per heavy atom. The van der Waals surface area contributed by atoms with Gasteiger partial charge in [-0.15, -0.1) is 0 Å². The van der Waals surface area contributed by atoms with E-state index in [1.54, 1.807) is 6.20 Å². The molecule has 6 nitrogen and oxygen atoms in total. The number of hydrogen-bond acceptors (Lipinski definition) is 5. The quantitative estimate of drug-likeness (QED) is 0.249. The van der Waals surface area contributed by atoms with Gasteiger partial charge in [0, 0.05) is 6.20 Å². The van der Waals surface area contributed by atoms with E-state index in [4.69, 9.17) is 9.47 Å². The fourth-order valence-electron chi connectivity index (χ4n) is 4.23. The van der Waals surface area contributed by atoms with Crippen LogP contribution < -0.4 is 9.47 Å². The molecule has 0 saturated heterocycles. The summed E-state index contributed by atoms with van der Waals surface area (Å²) < 4.78 is 11.3. The topological polar surface area (TPSA) is 74.5 Å². The minimum absolute atomic E-state index is 0.0408. The predicted molar refractivity (Wildman–Crippen MR) is 131 cm³/mol. The number of nitro groups is 1. The van der Waals surface area contributed by atoms with Gasteiger partial charge in [-0.25, -0.2) is 4.98 Å². The molecule has 0 amide bonds. The van der Waals surface area contributed by atoms with Crippen LogP contribution in [0.25, 0.3) is 21.7 Å². The standard InChI is InChI=1S/C17H20N2O4.C10H8/c1-22-14-11-13(19(20)21)16-15-12(8-9-18-16)7-5-3-2-4-6-10-23-17(14)15;1-2-6-10-8-4-3-7-9(10)5-1/h8-9,11H,2-7,10H2,1H3;1-8H. The Hall–Kier alpha value is -3.67. The molecule has 0 N–H and O–H groups in total. The number of pyridine rings is 1. The highest BCUT2D eigenvalue weighted by Crippen LogP contribution is 2.42. The van der Waals surface area contributed by atoms with E-state index < -0.39 is 4.92 Å².